The number of H-pyrrole nitrogens is 1. The number of halogens is 2. The second-order valence-electron chi connectivity index (χ2n) is 10.7. The van der Waals surface area contributed by atoms with Gasteiger partial charge in [-0.05, 0) is 51.1 Å². The number of piperazine rings is 1. The van der Waals surface area contributed by atoms with Crippen molar-refractivity contribution in [3.05, 3.63) is 70.6 Å². The number of anilines is 5. The number of hydrogen-bond donors (Lipinski definition) is 3. The summed E-state index contributed by atoms with van der Waals surface area (Å²) in [7, 11) is 1.52. The Morgan fingerprint density at radius 3 is 2.40 bits per heavy atom. The molecule has 2 aromatic heterocycles. The maximum absolute atomic E-state index is 14.3. The van der Waals surface area contributed by atoms with Crippen LogP contribution in [-0.2, 0) is 4.74 Å². The van der Waals surface area contributed by atoms with Gasteiger partial charge >= 0.3 is 6.09 Å². The van der Waals surface area contributed by atoms with Crippen LogP contribution >= 0.6 is 0 Å². The summed E-state index contributed by atoms with van der Waals surface area (Å²) in [6, 6.07) is 10.5. The number of methoxy groups -OCH3 is 1. The molecule has 11 nitrogen and oxygen atoms in total. The molecule has 2 aromatic carbocycles. The molecule has 1 amide bonds. The van der Waals surface area contributed by atoms with Gasteiger partial charge < -0.3 is 29.9 Å². The Labute approximate surface area is 240 Å². The minimum atomic E-state index is -0.792. The third kappa shape index (κ3) is 6.19. The molecule has 1 aliphatic rings. The van der Waals surface area contributed by atoms with E-state index in [0.717, 1.165) is 17.8 Å². The molecule has 3 N–H and O–H groups in total. The molecule has 0 radical (unpaired) electrons. The number of fused-ring (bicyclic) bond motifs is 1. The van der Waals surface area contributed by atoms with Gasteiger partial charge in [0.2, 0.25) is 0 Å². The predicted octanol–water partition coefficient (Wildman–Crippen LogP) is 5.15. The largest absolute Gasteiger partial charge is 0.494 e. The Hall–Kier alpha value is -4.94. The average Bonchev–Trinajstić information content (AvgIpc) is 2.94. The molecular formula is C29H31F2N7O4. The first-order chi connectivity index (χ1) is 20.0. The number of hydrogen-bond acceptors (Lipinski definition) is 9. The molecule has 0 bridgehead atoms. The van der Waals surface area contributed by atoms with E-state index in [1.54, 1.807) is 11.0 Å². The van der Waals surface area contributed by atoms with Crippen LogP contribution in [0.4, 0.5) is 42.3 Å². The number of ether oxygens (including phenoxy) is 2. The SMILES string of the molecule is COc1cc(N2CCN(C(=O)OC(C)(C)C)CC2)ccc1Nc1nc(Nc2c(F)cccc2F)cc2cn[nH]c(=O)c12. The van der Waals surface area contributed by atoms with E-state index in [-0.39, 0.29) is 28.8 Å². The van der Waals surface area contributed by atoms with Crippen molar-refractivity contribution < 1.29 is 23.0 Å². The second kappa shape index (κ2) is 11.5. The van der Waals surface area contributed by atoms with E-state index in [1.807, 2.05) is 32.9 Å². The lowest BCUT2D eigenvalue weighted by Crippen LogP contribution is -2.50. The molecule has 3 heterocycles. The Bertz CT molecular complexity index is 1660. The summed E-state index contributed by atoms with van der Waals surface area (Å²) in [6.45, 7) is 7.73. The fourth-order valence-electron chi connectivity index (χ4n) is 4.60. The van der Waals surface area contributed by atoms with Crippen molar-refractivity contribution in [2.24, 2.45) is 0 Å². The number of benzene rings is 2. The third-order valence-corrected chi connectivity index (χ3v) is 6.60. The molecule has 4 aromatic rings. The number of carbonyl (C=O) groups excluding carboxylic acids is 1. The van der Waals surface area contributed by atoms with Gasteiger partial charge in [-0.25, -0.2) is 23.7 Å². The van der Waals surface area contributed by atoms with E-state index < -0.39 is 22.8 Å². The van der Waals surface area contributed by atoms with Gasteiger partial charge in [-0.1, -0.05) is 6.07 Å². The van der Waals surface area contributed by atoms with Gasteiger partial charge in [0.25, 0.3) is 5.56 Å². The molecule has 1 fully saturated rings. The molecule has 220 valence electrons. The summed E-state index contributed by atoms with van der Waals surface area (Å²) >= 11 is 0. The zero-order valence-electron chi connectivity index (χ0n) is 23.6. The van der Waals surface area contributed by atoms with Gasteiger partial charge in [0, 0.05) is 43.3 Å². The number of pyridine rings is 1. The van der Waals surface area contributed by atoms with Gasteiger partial charge in [0.05, 0.1) is 24.4 Å². The number of para-hydroxylation sites is 1. The zero-order chi connectivity index (χ0) is 30.0. The maximum Gasteiger partial charge on any atom is 0.410 e. The number of carbonyl (C=O) groups is 1. The van der Waals surface area contributed by atoms with E-state index in [9.17, 15) is 18.4 Å². The van der Waals surface area contributed by atoms with E-state index >= 15 is 0 Å². The predicted molar refractivity (Wildman–Crippen MR) is 156 cm³/mol. The van der Waals surface area contributed by atoms with Gasteiger partial charge in [-0.3, -0.25) is 4.79 Å². The molecular weight excluding hydrogens is 548 g/mol. The molecule has 0 spiro atoms. The number of nitrogens with zero attached hydrogens (tertiary/aromatic N) is 4. The Balaban J connectivity index is 1.40. The van der Waals surface area contributed by atoms with Crippen LogP contribution in [0.25, 0.3) is 10.8 Å². The number of aromatic nitrogens is 3. The Morgan fingerprint density at radius 1 is 1.02 bits per heavy atom. The second-order valence-corrected chi connectivity index (χ2v) is 10.7. The van der Waals surface area contributed by atoms with E-state index in [2.05, 4.69) is 30.7 Å². The highest BCUT2D eigenvalue weighted by Gasteiger charge is 2.26. The summed E-state index contributed by atoms with van der Waals surface area (Å²) in [5.41, 5.74) is -0.0408. The molecule has 0 atom stereocenters. The molecule has 1 aliphatic heterocycles. The van der Waals surface area contributed by atoms with E-state index in [4.69, 9.17) is 9.47 Å². The summed E-state index contributed by atoms with van der Waals surface area (Å²) in [5, 5.41) is 12.6. The summed E-state index contributed by atoms with van der Waals surface area (Å²) in [6.07, 6.45) is 1.09. The van der Waals surface area contributed by atoms with Crippen LogP contribution in [-0.4, -0.2) is 65.1 Å². The lowest BCUT2D eigenvalue weighted by molar-refractivity contribution is 0.0240. The third-order valence-electron chi connectivity index (χ3n) is 6.60. The van der Waals surface area contributed by atoms with E-state index in [0.29, 0.717) is 43.0 Å². The van der Waals surface area contributed by atoms with Crippen LogP contribution in [0, 0.1) is 11.6 Å². The van der Waals surface area contributed by atoms with Gasteiger partial charge in [-0.15, -0.1) is 0 Å². The average molecular weight is 580 g/mol. The van der Waals surface area contributed by atoms with Crippen LogP contribution in [0.2, 0.25) is 0 Å². The van der Waals surface area contributed by atoms with Crippen LogP contribution in [0.3, 0.4) is 0 Å². The van der Waals surface area contributed by atoms with Crippen LogP contribution in [0.1, 0.15) is 20.8 Å². The van der Waals surface area contributed by atoms with Gasteiger partial charge in [0.15, 0.2) is 0 Å². The molecule has 0 unspecified atom stereocenters. The van der Waals surface area contributed by atoms with Crippen molar-refractivity contribution in [2.45, 2.75) is 26.4 Å². The molecule has 0 aliphatic carbocycles. The summed E-state index contributed by atoms with van der Waals surface area (Å²) in [4.78, 5) is 33.4. The monoisotopic (exact) mass is 579 g/mol. The summed E-state index contributed by atoms with van der Waals surface area (Å²) < 4.78 is 39.8. The summed E-state index contributed by atoms with van der Waals surface area (Å²) in [5.74, 6) is -0.882. The highest BCUT2D eigenvalue weighted by molar-refractivity contribution is 5.95. The molecule has 0 saturated carbocycles. The quantitative estimate of drug-likeness (QED) is 0.284. The minimum Gasteiger partial charge on any atom is -0.494 e. The standard InChI is InChI=1S/C29H31F2N7O4/c1-29(2,3)42-28(40)38-12-10-37(11-13-38)18-8-9-21(22(15-18)41-4)33-26-24-17(16-32-36-27(24)39)14-23(35-26)34-25-19(30)6-5-7-20(25)31/h5-9,14-16H,10-13H2,1-4H3,(H,36,39)(H2,33,34,35). The van der Waals surface area contributed by atoms with Crippen molar-refractivity contribution >= 4 is 45.6 Å². The lowest BCUT2D eigenvalue weighted by atomic mass is 10.2. The molecule has 13 heteroatoms. The van der Waals surface area contributed by atoms with Gasteiger partial charge in [-0.2, -0.15) is 5.10 Å². The fraction of sp³-hybridized carbons (Fsp3) is 0.310. The number of nitrogens with one attached hydrogen (secondary N) is 3. The Morgan fingerprint density at radius 2 is 1.74 bits per heavy atom. The smallest absolute Gasteiger partial charge is 0.410 e. The maximum atomic E-state index is 14.3. The van der Waals surface area contributed by atoms with Crippen molar-refractivity contribution in [3.63, 3.8) is 0 Å². The minimum absolute atomic E-state index is 0.0971. The molecule has 5 rings (SSSR count). The van der Waals surface area contributed by atoms with Crippen LogP contribution < -0.4 is 25.8 Å². The first-order valence-corrected chi connectivity index (χ1v) is 13.3. The molecule has 42 heavy (non-hydrogen) atoms. The molecule has 1 saturated heterocycles. The Kier molecular flexibility index (Phi) is 7.83. The van der Waals surface area contributed by atoms with Crippen molar-refractivity contribution in [3.8, 4) is 5.75 Å². The zero-order valence-corrected chi connectivity index (χ0v) is 23.6. The number of amides is 1. The van der Waals surface area contributed by atoms with Crippen molar-refractivity contribution in [1.82, 2.24) is 20.1 Å². The highest BCUT2D eigenvalue weighted by Crippen LogP contribution is 2.34. The first kappa shape index (κ1) is 28.6. The fourth-order valence-corrected chi connectivity index (χ4v) is 4.60. The van der Waals surface area contributed by atoms with Crippen molar-refractivity contribution in [1.29, 1.82) is 0 Å². The van der Waals surface area contributed by atoms with E-state index in [1.165, 1.54) is 25.4 Å². The first-order valence-electron chi connectivity index (χ1n) is 13.3. The van der Waals surface area contributed by atoms with Crippen molar-refractivity contribution in [2.75, 3.05) is 48.8 Å². The number of aromatic amines is 1. The van der Waals surface area contributed by atoms with Crippen LogP contribution in [0.5, 0.6) is 5.75 Å². The normalized spacial score (nSPS) is 13.7. The van der Waals surface area contributed by atoms with Crippen LogP contribution in [0.15, 0.2) is 53.5 Å². The lowest BCUT2D eigenvalue weighted by Gasteiger charge is -2.37. The topological polar surface area (TPSA) is 125 Å². The number of rotatable bonds is 6. The van der Waals surface area contributed by atoms with Gasteiger partial charge in [0.1, 0.15) is 40.3 Å². The highest BCUT2D eigenvalue weighted by atomic mass is 19.1.